The fourth-order valence-corrected chi connectivity index (χ4v) is 6.23. The minimum atomic E-state index is 0.146. The molecule has 0 spiro atoms. The maximum absolute atomic E-state index is 3.43. The average molecular weight is 470 g/mol. The van der Waals surface area contributed by atoms with E-state index in [4.69, 9.17) is 0 Å². The summed E-state index contributed by atoms with van der Waals surface area (Å²) in [6, 6.07) is 27.1. The highest BCUT2D eigenvalue weighted by Gasteiger charge is 2.29. The monoisotopic (exact) mass is 470 g/mol. The van der Waals surface area contributed by atoms with Crippen molar-refractivity contribution >= 4 is 23.1 Å². The molecule has 2 N–H and O–H groups in total. The highest BCUT2D eigenvalue weighted by Crippen LogP contribution is 2.29. The zero-order valence-electron chi connectivity index (χ0n) is 22.2. The predicted octanol–water partition coefficient (Wildman–Crippen LogP) is 5.89. The average Bonchev–Trinajstić information content (AvgIpc) is 3.53. The van der Waals surface area contributed by atoms with E-state index in [1.165, 1.54) is 66.7 Å². The van der Waals surface area contributed by atoms with Gasteiger partial charge in [-0.25, -0.2) is 0 Å². The van der Waals surface area contributed by atoms with Crippen molar-refractivity contribution in [3.05, 3.63) is 136 Å². The van der Waals surface area contributed by atoms with Crippen LogP contribution in [-0.4, -0.2) is 16.7 Å². The van der Waals surface area contributed by atoms with Gasteiger partial charge in [0.2, 0.25) is 6.71 Å². The van der Waals surface area contributed by atoms with Gasteiger partial charge in [0.25, 0.3) is 0 Å². The normalized spacial score (nSPS) is 11.3. The molecule has 0 aliphatic carbocycles. The number of nitrogens with one attached hydrogen (secondary N) is 2. The van der Waals surface area contributed by atoms with E-state index in [0.717, 1.165) is 0 Å². The third-order valence-corrected chi connectivity index (χ3v) is 7.52. The maximum Gasteiger partial charge on any atom is 0.242 e. The summed E-state index contributed by atoms with van der Waals surface area (Å²) in [5, 5.41) is 0. The van der Waals surface area contributed by atoms with Crippen LogP contribution in [0.25, 0.3) is 0 Å². The molecule has 0 aliphatic heterocycles. The van der Waals surface area contributed by atoms with Crippen LogP contribution < -0.4 is 16.4 Å². The van der Waals surface area contributed by atoms with Crippen LogP contribution in [0.3, 0.4) is 0 Å². The molecule has 0 saturated carbocycles. The predicted molar refractivity (Wildman–Crippen MR) is 155 cm³/mol. The second-order valence-electron chi connectivity index (χ2n) is 10.4. The Morgan fingerprint density at radius 2 is 0.972 bits per heavy atom. The zero-order chi connectivity index (χ0) is 25.4. The van der Waals surface area contributed by atoms with E-state index in [1.807, 2.05) is 12.4 Å². The Bertz CT molecular complexity index is 1340. The van der Waals surface area contributed by atoms with Crippen molar-refractivity contribution in [2.24, 2.45) is 0 Å². The molecule has 0 amide bonds. The molecule has 0 saturated heterocycles. The quantitative estimate of drug-likeness (QED) is 0.290. The Labute approximate surface area is 215 Å². The van der Waals surface area contributed by atoms with E-state index < -0.39 is 0 Å². The van der Waals surface area contributed by atoms with Crippen molar-refractivity contribution in [2.45, 2.75) is 47.5 Å². The largest absolute Gasteiger partial charge is 0.364 e. The molecule has 3 heteroatoms. The molecule has 0 aliphatic rings. The van der Waals surface area contributed by atoms with Crippen molar-refractivity contribution in [1.29, 1.82) is 0 Å². The minimum absolute atomic E-state index is 0.146. The topological polar surface area (TPSA) is 31.6 Å². The van der Waals surface area contributed by atoms with Crippen molar-refractivity contribution in [1.82, 2.24) is 9.97 Å². The van der Waals surface area contributed by atoms with Gasteiger partial charge in [-0.3, -0.25) is 0 Å². The Kier molecular flexibility index (Phi) is 6.49. The lowest BCUT2D eigenvalue weighted by molar-refractivity contribution is 0.898. The van der Waals surface area contributed by atoms with E-state index in [2.05, 4.69) is 124 Å². The molecule has 0 fully saturated rings. The number of aryl methyl sites for hydroxylation is 6. The number of aromatic amines is 2. The van der Waals surface area contributed by atoms with Crippen molar-refractivity contribution in [3.8, 4) is 0 Å². The molecule has 36 heavy (non-hydrogen) atoms. The molecule has 0 atom stereocenters. The lowest BCUT2D eigenvalue weighted by Crippen LogP contribution is -2.55. The summed E-state index contributed by atoms with van der Waals surface area (Å²) < 4.78 is 0. The molecule has 5 aromatic rings. The summed E-state index contributed by atoms with van der Waals surface area (Å²) in [4.78, 5) is 6.87. The smallest absolute Gasteiger partial charge is 0.242 e. The van der Waals surface area contributed by atoms with Gasteiger partial charge in [-0.1, -0.05) is 98.3 Å². The molecule has 3 aromatic carbocycles. The molecular formula is C33H35BN2. The van der Waals surface area contributed by atoms with Crippen LogP contribution >= 0.6 is 0 Å². The first-order valence-electron chi connectivity index (χ1n) is 12.9. The summed E-state index contributed by atoms with van der Waals surface area (Å²) in [7, 11) is 0. The molecule has 2 nitrogen and oxygen atoms in total. The summed E-state index contributed by atoms with van der Waals surface area (Å²) in [5.41, 5.74) is 15.9. The first-order chi connectivity index (χ1) is 17.3. The Hall–Kier alpha value is -3.72. The van der Waals surface area contributed by atoms with Crippen LogP contribution in [0.5, 0.6) is 0 Å². The highest BCUT2D eigenvalue weighted by atomic mass is 14.7. The maximum atomic E-state index is 3.43. The standard InChI is InChI=1S/C33H35BN2/c1-21-17-23(3)32(24(4)18-21)34(33-25(5)19-22(2)20-26(33)6)28-13-11-27(12-14-28)31(29-9-7-15-35-29)30-10-8-16-36-30/h7-20,31,35-36H,1-6H3. The lowest BCUT2D eigenvalue weighted by Gasteiger charge is -2.25. The van der Waals surface area contributed by atoms with Gasteiger partial charge >= 0.3 is 0 Å². The van der Waals surface area contributed by atoms with Crippen molar-refractivity contribution < 1.29 is 0 Å². The van der Waals surface area contributed by atoms with Gasteiger partial charge in [0.15, 0.2) is 0 Å². The van der Waals surface area contributed by atoms with Crippen LogP contribution in [0.4, 0.5) is 0 Å². The fraction of sp³-hybridized carbons (Fsp3) is 0.212. The molecule has 180 valence electrons. The number of aromatic nitrogens is 2. The van der Waals surface area contributed by atoms with E-state index in [9.17, 15) is 0 Å². The zero-order valence-corrected chi connectivity index (χ0v) is 22.2. The van der Waals surface area contributed by atoms with Gasteiger partial charge in [0, 0.05) is 23.8 Å². The van der Waals surface area contributed by atoms with Crippen molar-refractivity contribution in [2.75, 3.05) is 0 Å². The molecule has 0 unspecified atom stereocenters. The van der Waals surface area contributed by atoms with Crippen LogP contribution in [0.1, 0.15) is 56.2 Å². The summed E-state index contributed by atoms with van der Waals surface area (Å²) in [5.74, 6) is 0.146. The molecule has 2 aromatic heterocycles. The molecule has 5 rings (SSSR count). The Morgan fingerprint density at radius 3 is 1.33 bits per heavy atom. The van der Waals surface area contributed by atoms with Gasteiger partial charge in [0.1, 0.15) is 0 Å². The summed E-state index contributed by atoms with van der Waals surface area (Å²) in [6.45, 7) is 13.6. The van der Waals surface area contributed by atoms with E-state index in [0.29, 0.717) is 0 Å². The second kappa shape index (κ2) is 9.74. The van der Waals surface area contributed by atoms with Crippen LogP contribution in [0.2, 0.25) is 0 Å². The van der Waals surface area contributed by atoms with Crippen molar-refractivity contribution in [3.63, 3.8) is 0 Å². The van der Waals surface area contributed by atoms with Gasteiger partial charge < -0.3 is 9.97 Å². The number of rotatable bonds is 6. The highest BCUT2D eigenvalue weighted by molar-refractivity contribution is 6.96. The van der Waals surface area contributed by atoms with Gasteiger partial charge in [-0.2, -0.15) is 0 Å². The van der Waals surface area contributed by atoms with E-state index in [-0.39, 0.29) is 12.6 Å². The van der Waals surface area contributed by atoms with E-state index >= 15 is 0 Å². The third kappa shape index (κ3) is 4.46. The molecule has 0 radical (unpaired) electrons. The number of benzene rings is 3. The van der Waals surface area contributed by atoms with Gasteiger partial charge in [-0.15, -0.1) is 0 Å². The SMILES string of the molecule is Cc1cc(C)c(B(c2ccc(C(c3ccc[nH]3)c3ccc[nH]3)cc2)c2c(C)cc(C)cc2C)c(C)c1. The molecular weight excluding hydrogens is 435 g/mol. The Morgan fingerprint density at radius 1 is 0.556 bits per heavy atom. The third-order valence-electron chi connectivity index (χ3n) is 7.52. The number of hydrogen-bond donors (Lipinski definition) is 2. The number of H-pyrrole nitrogens is 2. The second-order valence-corrected chi connectivity index (χ2v) is 10.4. The minimum Gasteiger partial charge on any atom is -0.364 e. The first kappa shape index (κ1) is 24.0. The van der Waals surface area contributed by atoms with Crippen LogP contribution in [-0.2, 0) is 0 Å². The summed E-state index contributed by atoms with van der Waals surface area (Å²) >= 11 is 0. The Balaban J connectivity index is 1.67. The van der Waals surface area contributed by atoms with Crippen LogP contribution in [0.15, 0.2) is 85.2 Å². The lowest BCUT2D eigenvalue weighted by atomic mass is 9.34. The van der Waals surface area contributed by atoms with Gasteiger partial charge in [0.05, 0.1) is 5.92 Å². The first-order valence-corrected chi connectivity index (χ1v) is 12.9. The van der Waals surface area contributed by atoms with E-state index in [1.54, 1.807) is 0 Å². The summed E-state index contributed by atoms with van der Waals surface area (Å²) in [6.07, 6.45) is 4.00. The van der Waals surface area contributed by atoms with Gasteiger partial charge in [-0.05, 0) is 71.4 Å². The molecule has 0 bridgehead atoms. The van der Waals surface area contributed by atoms with Crippen LogP contribution in [0, 0.1) is 41.5 Å². The fourth-order valence-electron chi connectivity index (χ4n) is 6.23. The molecule has 2 heterocycles. The number of hydrogen-bond acceptors (Lipinski definition) is 0.